The minimum absolute atomic E-state index is 0.125. The van der Waals surface area contributed by atoms with E-state index in [1.807, 2.05) is 17.5 Å². The Hall–Kier alpha value is -1.17. The fourth-order valence-corrected chi connectivity index (χ4v) is 3.94. The van der Waals surface area contributed by atoms with Gasteiger partial charge in [0.25, 0.3) is 0 Å². The Balaban J connectivity index is 1.86. The highest BCUT2D eigenvalue weighted by molar-refractivity contribution is 7.12. The molecule has 102 valence electrons. The number of rotatable bonds is 3. The van der Waals surface area contributed by atoms with E-state index in [0.717, 1.165) is 25.5 Å². The minimum atomic E-state index is 0.125. The number of nitrogens with zero attached hydrogens (tertiary/aromatic N) is 3. The molecule has 0 bridgehead atoms. The second-order valence-corrected chi connectivity index (χ2v) is 6.58. The Labute approximate surface area is 117 Å². The highest BCUT2D eigenvalue weighted by Gasteiger charge is 2.28. The van der Waals surface area contributed by atoms with Crippen LogP contribution in [0.5, 0.6) is 0 Å². The van der Waals surface area contributed by atoms with Crippen molar-refractivity contribution in [3.8, 4) is 0 Å². The number of imidazole rings is 1. The Bertz CT molecular complexity index is 557. The van der Waals surface area contributed by atoms with E-state index in [1.165, 1.54) is 9.75 Å². The van der Waals surface area contributed by atoms with E-state index in [-0.39, 0.29) is 6.04 Å². The first-order chi connectivity index (χ1) is 9.15. The van der Waals surface area contributed by atoms with Crippen molar-refractivity contribution < 1.29 is 0 Å². The molecule has 4 nitrogen and oxygen atoms in total. The van der Waals surface area contributed by atoms with Crippen molar-refractivity contribution in [3.05, 3.63) is 40.1 Å². The van der Waals surface area contributed by atoms with Crippen molar-refractivity contribution in [2.75, 3.05) is 6.54 Å². The zero-order chi connectivity index (χ0) is 13.4. The van der Waals surface area contributed by atoms with E-state index in [2.05, 4.69) is 46.6 Å². The van der Waals surface area contributed by atoms with Crippen molar-refractivity contribution in [3.63, 3.8) is 0 Å². The summed E-state index contributed by atoms with van der Waals surface area (Å²) in [5.74, 6) is 1.14. The monoisotopic (exact) mass is 276 g/mol. The molecule has 0 amide bonds. The van der Waals surface area contributed by atoms with Crippen LogP contribution in [0.3, 0.4) is 0 Å². The SMILES string of the molecule is Cc1ccc(C(C(C)N)N2CCn3ccnc3C2)s1. The second kappa shape index (κ2) is 5.07. The molecule has 3 heterocycles. The summed E-state index contributed by atoms with van der Waals surface area (Å²) in [5, 5.41) is 0. The lowest BCUT2D eigenvalue weighted by atomic mass is 10.1. The van der Waals surface area contributed by atoms with Crippen molar-refractivity contribution in [1.29, 1.82) is 0 Å². The maximum absolute atomic E-state index is 6.24. The summed E-state index contributed by atoms with van der Waals surface area (Å²) in [4.78, 5) is 9.60. The Kier molecular flexibility index (Phi) is 3.43. The fourth-order valence-electron chi connectivity index (χ4n) is 2.81. The standard InChI is InChI=1S/C14H20N4S/c1-10-3-4-12(19-10)14(11(2)15)18-8-7-17-6-5-16-13(17)9-18/h3-6,11,14H,7-9,15H2,1-2H3. The average molecular weight is 276 g/mol. The lowest BCUT2D eigenvalue weighted by Crippen LogP contribution is -2.43. The van der Waals surface area contributed by atoms with Crippen molar-refractivity contribution >= 4 is 11.3 Å². The first-order valence-electron chi connectivity index (χ1n) is 6.71. The molecule has 0 radical (unpaired) electrons. The number of thiophene rings is 1. The van der Waals surface area contributed by atoms with Gasteiger partial charge in [-0.25, -0.2) is 4.98 Å². The molecule has 1 aliphatic rings. The smallest absolute Gasteiger partial charge is 0.122 e. The van der Waals surface area contributed by atoms with Gasteiger partial charge in [0.05, 0.1) is 12.6 Å². The van der Waals surface area contributed by atoms with Crippen LogP contribution in [0.25, 0.3) is 0 Å². The van der Waals surface area contributed by atoms with Crippen LogP contribution in [0.2, 0.25) is 0 Å². The molecule has 3 rings (SSSR count). The molecule has 0 saturated carbocycles. The van der Waals surface area contributed by atoms with E-state index >= 15 is 0 Å². The van der Waals surface area contributed by atoms with Gasteiger partial charge in [-0.3, -0.25) is 4.90 Å². The molecule has 2 unspecified atom stereocenters. The lowest BCUT2D eigenvalue weighted by molar-refractivity contribution is 0.138. The van der Waals surface area contributed by atoms with Gasteiger partial charge in [-0.05, 0) is 26.0 Å². The number of aryl methyl sites for hydroxylation is 1. The normalized spacial score (nSPS) is 19.1. The maximum atomic E-state index is 6.24. The fraction of sp³-hybridized carbons (Fsp3) is 0.500. The molecule has 0 spiro atoms. The summed E-state index contributed by atoms with van der Waals surface area (Å²) < 4.78 is 2.23. The topological polar surface area (TPSA) is 47.1 Å². The molecule has 0 aliphatic carbocycles. The molecule has 19 heavy (non-hydrogen) atoms. The minimum Gasteiger partial charge on any atom is -0.333 e. The summed E-state index contributed by atoms with van der Waals surface area (Å²) in [5.41, 5.74) is 6.24. The summed E-state index contributed by atoms with van der Waals surface area (Å²) in [6.07, 6.45) is 3.94. The summed E-state index contributed by atoms with van der Waals surface area (Å²) in [7, 11) is 0. The molecule has 0 saturated heterocycles. The van der Waals surface area contributed by atoms with E-state index in [4.69, 9.17) is 5.73 Å². The van der Waals surface area contributed by atoms with Gasteiger partial charge in [-0.15, -0.1) is 11.3 Å². The van der Waals surface area contributed by atoms with E-state index in [0.29, 0.717) is 6.04 Å². The molecular formula is C14H20N4S. The first kappa shape index (κ1) is 12.8. The van der Waals surface area contributed by atoms with Gasteiger partial charge in [0.1, 0.15) is 5.82 Å². The van der Waals surface area contributed by atoms with E-state index < -0.39 is 0 Å². The van der Waals surface area contributed by atoms with Gasteiger partial charge >= 0.3 is 0 Å². The van der Waals surface area contributed by atoms with Gasteiger partial charge in [-0.2, -0.15) is 0 Å². The van der Waals surface area contributed by atoms with Crippen molar-refractivity contribution in [2.24, 2.45) is 5.73 Å². The van der Waals surface area contributed by atoms with Gasteiger partial charge in [-0.1, -0.05) is 0 Å². The molecule has 2 atom stereocenters. The zero-order valence-corrected chi connectivity index (χ0v) is 12.2. The Morgan fingerprint density at radius 3 is 2.89 bits per heavy atom. The van der Waals surface area contributed by atoms with Crippen LogP contribution >= 0.6 is 11.3 Å². The van der Waals surface area contributed by atoms with Crippen LogP contribution in [0.4, 0.5) is 0 Å². The molecule has 2 N–H and O–H groups in total. The molecule has 1 aliphatic heterocycles. The van der Waals surface area contributed by atoms with E-state index in [1.54, 1.807) is 0 Å². The third-order valence-corrected chi connectivity index (χ3v) is 4.79. The number of hydrogen-bond donors (Lipinski definition) is 1. The predicted octanol–water partition coefficient (Wildman–Crippen LogP) is 2.16. The molecular weight excluding hydrogens is 256 g/mol. The van der Waals surface area contributed by atoms with Crippen LogP contribution in [0.15, 0.2) is 24.5 Å². The molecule has 5 heteroatoms. The summed E-state index contributed by atoms with van der Waals surface area (Å²) in [6.45, 7) is 7.17. The molecule has 2 aromatic heterocycles. The number of hydrogen-bond acceptors (Lipinski definition) is 4. The number of fused-ring (bicyclic) bond motifs is 1. The van der Waals surface area contributed by atoms with Gasteiger partial charge < -0.3 is 10.3 Å². The maximum Gasteiger partial charge on any atom is 0.122 e. The highest BCUT2D eigenvalue weighted by Crippen LogP contribution is 2.31. The van der Waals surface area contributed by atoms with Crippen LogP contribution < -0.4 is 5.73 Å². The van der Waals surface area contributed by atoms with Crippen LogP contribution in [-0.2, 0) is 13.1 Å². The Morgan fingerprint density at radius 1 is 1.37 bits per heavy atom. The van der Waals surface area contributed by atoms with Crippen LogP contribution in [-0.4, -0.2) is 27.0 Å². The van der Waals surface area contributed by atoms with Crippen LogP contribution in [0, 0.1) is 6.92 Å². The first-order valence-corrected chi connectivity index (χ1v) is 7.53. The third-order valence-electron chi connectivity index (χ3n) is 3.72. The van der Waals surface area contributed by atoms with Gasteiger partial charge in [0.2, 0.25) is 0 Å². The lowest BCUT2D eigenvalue weighted by Gasteiger charge is -2.36. The van der Waals surface area contributed by atoms with E-state index in [9.17, 15) is 0 Å². The van der Waals surface area contributed by atoms with Gasteiger partial charge in [0.15, 0.2) is 0 Å². The van der Waals surface area contributed by atoms with Crippen molar-refractivity contribution in [2.45, 2.75) is 39.0 Å². The largest absolute Gasteiger partial charge is 0.333 e. The molecule has 0 fully saturated rings. The van der Waals surface area contributed by atoms with Gasteiger partial charge in [0, 0.05) is 41.3 Å². The summed E-state index contributed by atoms with van der Waals surface area (Å²) >= 11 is 1.85. The molecule has 2 aromatic rings. The highest BCUT2D eigenvalue weighted by atomic mass is 32.1. The summed E-state index contributed by atoms with van der Waals surface area (Å²) in [6, 6.07) is 4.82. The van der Waals surface area contributed by atoms with Crippen LogP contribution in [0.1, 0.15) is 28.5 Å². The second-order valence-electron chi connectivity index (χ2n) is 5.26. The number of nitrogens with two attached hydrogens (primary N) is 1. The quantitative estimate of drug-likeness (QED) is 0.934. The molecule has 0 aromatic carbocycles. The zero-order valence-electron chi connectivity index (χ0n) is 11.4. The predicted molar refractivity (Wildman–Crippen MR) is 78.1 cm³/mol. The average Bonchev–Trinajstić information content (AvgIpc) is 2.97. The third kappa shape index (κ3) is 2.45. The van der Waals surface area contributed by atoms with Crippen molar-refractivity contribution in [1.82, 2.24) is 14.5 Å². The Morgan fingerprint density at radius 2 is 2.21 bits per heavy atom. The number of aromatic nitrogens is 2.